The fourth-order valence-electron chi connectivity index (χ4n) is 7.42. The van der Waals surface area contributed by atoms with E-state index in [-0.39, 0.29) is 35.6 Å². The molecule has 3 N–H and O–H groups in total. The summed E-state index contributed by atoms with van der Waals surface area (Å²) in [6.07, 6.45) is 9.38. The molecule has 0 aromatic rings. The molecule has 6 nitrogen and oxygen atoms in total. The van der Waals surface area contributed by atoms with Gasteiger partial charge in [-0.05, 0) is 85.5 Å². The topological polar surface area (TPSA) is 112 Å². The van der Waals surface area contributed by atoms with E-state index in [0.717, 1.165) is 38.5 Å². The molecule has 0 aliphatic heterocycles. The highest BCUT2D eigenvalue weighted by Gasteiger charge is 2.61. The van der Waals surface area contributed by atoms with E-state index in [4.69, 9.17) is 10.2 Å². The van der Waals surface area contributed by atoms with Crippen molar-refractivity contribution in [2.45, 2.75) is 91.1 Å². The molecule has 0 aromatic heterocycles. The first-order valence-electron chi connectivity index (χ1n) is 11.9. The van der Waals surface area contributed by atoms with Crippen molar-refractivity contribution < 1.29 is 29.7 Å². The first-order chi connectivity index (χ1) is 14.5. The average Bonchev–Trinajstić information content (AvgIpc) is 2.97. The normalized spacial score (nSPS) is 41.1. The summed E-state index contributed by atoms with van der Waals surface area (Å²) < 4.78 is 0. The standard InChI is InChI=1S/C22H32O4.C3H6O2/c1-21-9-7-15(23)12-14(21)4-5-16-17(21)8-10-22(2)18(24)11-13(20(16)22)3-6-19(25)26;1-2-3(4)5/h12-13,16-18,20,24H,3-11H2,1-2H3,(H,25,26);2H2,1H3,(H,4,5)/t13?,16-,17+,18+,20+,21+,22-;/m1./s1. The van der Waals surface area contributed by atoms with Gasteiger partial charge in [0.1, 0.15) is 0 Å². The molecule has 0 aromatic carbocycles. The van der Waals surface area contributed by atoms with E-state index in [2.05, 4.69) is 13.8 Å². The van der Waals surface area contributed by atoms with Crippen LogP contribution in [-0.4, -0.2) is 39.1 Å². The zero-order chi connectivity index (χ0) is 23.0. The van der Waals surface area contributed by atoms with Crippen molar-refractivity contribution >= 4 is 17.7 Å². The minimum atomic E-state index is -0.745. The van der Waals surface area contributed by atoms with E-state index < -0.39 is 11.9 Å². The number of aliphatic hydroxyl groups excluding tert-OH is 1. The lowest BCUT2D eigenvalue weighted by Gasteiger charge is -2.58. The van der Waals surface area contributed by atoms with Gasteiger partial charge in [0.25, 0.3) is 0 Å². The summed E-state index contributed by atoms with van der Waals surface area (Å²) in [5, 5.41) is 27.7. The zero-order valence-electron chi connectivity index (χ0n) is 19.1. The number of carboxylic acids is 2. The predicted octanol–water partition coefficient (Wildman–Crippen LogP) is 4.45. The van der Waals surface area contributed by atoms with Gasteiger partial charge in [0, 0.05) is 19.3 Å². The highest BCUT2D eigenvalue weighted by Crippen LogP contribution is 2.66. The number of hydrogen-bond donors (Lipinski definition) is 3. The molecule has 0 bridgehead atoms. The van der Waals surface area contributed by atoms with Crippen LogP contribution in [0.15, 0.2) is 11.6 Å². The predicted molar refractivity (Wildman–Crippen MR) is 116 cm³/mol. The van der Waals surface area contributed by atoms with Gasteiger partial charge in [0.05, 0.1) is 6.10 Å². The summed E-state index contributed by atoms with van der Waals surface area (Å²) in [5.41, 5.74) is 1.43. The Morgan fingerprint density at radius 3 is 2.39 bits per heavy atom. The number of aliphatic carboxylic acids is 2. The lowest BCUT2D eigenvalue weighted by atomic mass is 9.46. The number of hydrogen-bond acceptors (Lipinski definition) is 4. The highest BCUT2D eigenvalue weighted by molar-refractivity contribution is 5.91. The Morgan fingerprint density at radius 1 is 1.10 bits per heavy atom. The average molecular weight is 435 g/mol. The van der Waals surface area contributed by atoms with Crippen LogP contribution in [0, 0.1) is 34.5 Å². The van der Waals surface area contributed by atoms with Gasteiger partial charge >= 0.3 is 11.9 Å². The minimum absolute atomic E-state index is 0.0631. The molecule has 4 aliphatic carbocycles. The van der Waals surface area contributed by atoms with E-state index in [1.165, 1.54) is 5.57 Å². The molecule has 3 fully saturated rings. The number of aliphatic hydroxyl groups is 1. The quantitative estimate of drug-likeness (QED) is 0.603. The number of rotatable bonds is 4. The van der Waals surface area contributed by atoms with Crippen LogP contribution in [0.4, 0.5) is 0 Å². The molecule has 6 heteroatoms. The van der Waals surface area contributed by atoms with Crippen molar-refractivity contribution in [2.75, 3.05) is 0 Å². The SMILES string of the molecule is CCC(=O)O.C[C@]12CC[C@H]3[C@@H](CCC4=CC(=O)CC[C@@]43C)[C@@H]1C(CCC(=O)O)C[C@@H]2O. The van der Waals surface area contributed by atoms with Crippen LogP contribution in [-0.2, 0) is 14.4 Å². The Labute approximate surface area is 185 Å². The second kappa shape index (κ2) is 9.05. The monoisotopic (exact) mass is 434 g/mol. The van der Waals surface area contributed by atoms with Crippen LogP contribution in [0.1, 0.15) is 85.0 Å². The lowest BCUT2D eigenvalue weighted by Crippen LogP contribution is -2.52. The second-order valence-corrected chi connectivity index (χ2v) is 10.6. The molecule has 0 amide bonds. The molecule has 174 valence electrons. The van der Waals surface area contributed by atoms with Crippen LogP contribution in [0.5, 0.6) is 0 Å². The maximum absolute atomic E-state index is 11.9. The van der Waals surface area contributed by atoms with Gasteiger partial charge in [-0.2, -0.15) is 0 Å². The van der Waals surface area contributed by atoms with E-state index in [1.807, 2.05) is 6.08 Å². The lowest BCUT2D eigenvalue weighted by molar-refractivity contribution is -0.138. The van der Waals surface area contributed by atoms with Crippen molar-refractivity contribution in [3.63, 3.8) is 0 Å². The van der Waals surface area contributed by atoms with Crippen molar-refractivity contribution in [1.82, 2.24) is 0 Å². The number of carbonyl (C=O) groups is 3. The molecule has 0 saturated heterocycles. The summed E-state index contributed by atoms with van der Waals surface area (Å²) in [6, 6.07) is 0. The van der Waals surface area contributed by atoms with Gasteiger partial charge in [0.2, 0.25) is 0 Å². The number of fused-ring (bicyclic) bond motifs is 5. The number of ketones is 1. The smallest absolute Gasteiger partial charge is 0.303 e. The molecular formula is C25H38O6. The van der Waals surface area contributed by atoms with Crippen molar-refractivity contribution in [2.24, 2.45) is 34.5 Å². The maximum atomic E-state index is 11.9. The molecule has 31 heavy (non-hydrogen) atoms. The molecule has 0 spiro atoms. The van der Waals surface area contributed by atoms with Gasteiger partial charge in [-0.15, -0.1) is 0 Å². The van der Waals surface area contributed by atoms with Crippen LogP contribution in [0.2, 0.25) is 0 Å². The van der Waals surface area contributed by atoms with Gasteiger partial charge < -0.3 is 15.3 Å². The Morgan fingerprint density at radius 2 is 1.77 bits per heavy atom. The third-order valence-electron chi connectivity index (χ3n) is 9.09. The second-order valence-electron chi connectivity index (χ2n) is 10.6. The Balaban J connectivity index is 0.000000491. The van der Waals surface area contributed by atoms with Gasteiger partial charge in [0.15, 0.2) is 5.78 Å². The van der Waals surface area contributed by atoms with Crippen LogP contribution < -0.4 is 0 Å². The van der Waals surface area contributed by atoms with Gasteiger partial charge in [-0.3, -0.25) is 14.4 Å². The van der Waals surface area contributed by atoms with Crippen molar-refractivity contribution in [3.05, 3.63) is 11.6 Å². The molecule has 0 radical (unpaired) electrons. The van der Waals surface area contributed by atoms with E-state index in [0.29, 0.717) is 36.5 Å². The largest absolute Gasteiger partial charge is 0.481 e. The Kier molecular flexibility index (Phi) is 6.99. The molecule has 4 aliphatic rings. The third-order valence-corrected chi connectivity index (χ3v) is 9.09. The minimum Gasteiger partial charge on any atom is -0.481 e. The fourth-order valence-corrected chi connectivity index (χ4v) is 7.42. The molecule has 7 atom stereocenters. The van der Waals surface area contributed by atoms with Crippen LogP contribution >= 0.6 is 0 Å². The fraction of sp³-hybridized carbons (Fsp3) is 0.800. The molecule has 0 heterocycles. The number of allylic oxidation sites excluding steroid dienone is 1. The van der Waals surface area contributed by atoms with Crippen molar-refractivity contribution in [3.8, 4) is 0 Å². The number of carboxylic acid groups (broad SMARTS) is 2. The molecule has 4 rings (SSSR count). The van der Waals surface area contributed by atoms with E-state index in [9.17, 15) is 19.5 Å². The highest BCUT2D eigenvalue weighted by atomic mass is 16.4. The Hall–Kier alpha value is -1.69. The summed E-state index contributed by atoms with van der Waals surface area (Å²) in [5.74, 6) is 0.681. The maximum Gasteiger partial charge on any atom is 0.303 e. The molecular weight excluding hydrogens is 396 g/mol. The van der Waals surface area contributed by atoms with E-state index >= 15 is 0 Å². The zero-order valence-corrected chi connectivity index (χ0v) is 19.1. The summed E-state index contributed by atoms with van der Waals surface area (Å²) >= 11 is 0. The first kappa shape index (κ1) is 24.0. The third kappa shape index (κ3) is 4.46. The van der Waals surface area contributed by atoms with E-state index in [1.54, 1.807) is 6.92 Å². The Bertz CT molecular complexity index is 757. The molecule has 1 unspecified atom stereocenters. The van der Waals surface area contributed by atoms with Crippen LogP contribution in [0.3, 0.4) is 0 Å². The number of carbonyl (C=O) groups excluding carboxylic acids is 1. The van der Waals surface area contributed by atoms with Gasteiger partial charge in [-0.1, -0.05) is 26.3 Å². The summed E-state index contributed by atoms with van der Waals surface area (Å²) in [6.45, 7) is 6.21. The first-order valence-corrected chi connectivity index (χ1v) is 11.9. The molecule has 3 saturated carbocycles. The van der Waals surface area contributed by atoms with Gasteiger partial charge in [-0.25, -0.2) is 0 Å². The summed E-state index contributed by atoms with van der Waals surface area (Å²) in [7, 11) is 0. The van der Waals surface area contributed by atoms with Crippen LogP contribution in [0.25, 0.3) is 0 Å². The van der Waals surface area contributed by atoms with Crippen molar-refractivity contribution in [1.29, 1.82) is 0 Å². The summed E-state index contributed by atoms with van der Waals surface area (Å²) in [4.78, 5) is 32.4.